The number of anilines is 1. The van der Waals surface area contributed by atoms with Gasteiger partial charge in [0.15, 0.2) is 11.0 Å². The predicted octanol–water partition coefficient (Wildman–Crippen LogP) is 3.80. The third kappa shape index (κ3) is 6.42. The first-order chi connectivity index (χ1) is 17.3. The number of hydrogen-bond acceptors (Lipinski definition) is 9. The molecule has 0 aliphatic heterocycles. The van der Waals surface area contributed by atoms with Gasteiger partial charge in [0.1, 0.15) is 12.4 Å². The van der Waals surface area contributed by atoms with Crippen molar-refractivity contribution in [1.29, 1.82) is 0 Å². The van der Waals surface area contributed by atoms with Crippen molar-refractivity contribution in [3.63, 3.8) is 0 Å². The van der Waals surface area contributed by atoms with E-state index in [-0.39, 0.29) is 29.2 Å². The average molecular weight is 513 g/mol. The lowest BCUT2D eigenvalue weighted by atomic mass is 10.1. The van der Waals surface area contributed by atoms with Crippen LogP contribution in [0.2, 0.25) is 0 Å². The molecule has 3 aromatic rings. The largest absolute Gasteiger partial charge is 0.485 e. The van der Waals surface area contributed by atoms with Crippen LogP contribution in [0.1, 0.15) is 44.6 Å². The summed E-state index contributed by atoms with van der Waals surface area (Å²) in [7, 11) is 2.48. The van der Waals surface area contributed by atoms with Crippen LogP contribution in [0.4, 0.5) is 5.69 Å². The van der Waals surface area contributed by atoms with E-state index >= 15 is 0 Å². The number of amides is 1. The summed E-state index contributed by atoms with van der Waals surface area (Å²) in [6.07, 6.45) is 0. The van der Waals surface area contributed by atoms with Crippen LogP contribution in [0.25, 0.3) is 0 Å². The molecule has 1 heterocycles. The van der Waals surface area contributed by atoms with Crippen molar-refractivity contribution >= 4 is 35.3 Å². The summed E-state index contributed by atoms with van der Waals surface area (Å²) in [5, 5.41) is 11.7. The summed E-state index contributed by atoms with van der Waals surface area (Å²) in [4.78, 5) is 36.7. The zero-order valence-corrected chi connectivity index (χ0v) is 21.6. The highest BCUT2D eigenvalue weighted by Crippen LogP contribution is 2.23. The fraction of sp³-hybridized carbons (Fsp3) is 0.320. The van der Waals surface area contributed by atoms with Crippen LogP contribution in [0, 0.1) is 13.8 Å². The van der Waals surface area contributed by atoms with Crippen molar-refractivity contribution < 1.29 is 28.6 Å². The Morgan fingerprint density at radius 1 is 1.00 bits per heavy atom. The van der Waals surface area contributed by atoms with Crippen molar-refractivity contribution in [1.82, 2.24) is 14.8 Å². The maximum atomic E-state index is 12.7. The van der Waals surface area contributed by atoms with Gasteiger partial charge < -0.3 is 24.1 Å². The smallest absolute Gasteiger partial charge is 0.339 e. The van der Waals surface area contributed by atoms with Gasteiger partial charge in [-0.2, -0.15) is 0 Å². The number of benzene rings is 2. The van der Waals surface area contributed by atoms with E-state index < -0.39 is 17.8 Å². The molecule has 0 unspecified atom stereocenters. The summed E-state index contributed by atoms with van der Waals surface area (Å²) in [6, 6.07) is 10.2. The lowest BCUT2D eigenvalue weighted by Crippen LogP contribution is -2.18. The zero-order valence-electron chi connectivity index (χ0n) is 20.8. The summed E-state index contributed by atoms with van der Waals surface area (Å²) in [6.45, 7) is 6.79. The summed E-state index contributed by atoms with van der Waals surface area (Å²) >= 11 is 1.20. The number of carbonyl (C=O) groups excluding carboxylic acids is 3. The predicted molar refractivity (Wildman–Crippen MR) is 134 cm³/mol. The maximum Gasteiger partial charge on any atom is 0.339 e. The number of nitrogens with zero attached hydrogens (tertiary/aromatic N) is 3. The first-order valence-electron chi connectivity index (χ1n) is 11.1. The number of thioether (sulfide) groups is 1. The Hall–Kier alpha value is -3.86. The summed E-state index contributed by atoms with van der Waals surface area (Å²) in [5.74, 6) is -0.226. The highest BCUT2D eigenvalue weighted by molar-refractivity contribution is 7.99. The van der Waals surface area contributed by atoms with E-state index in [4.69, 9.17) is 14.2 Å². The first-order valence-corrected chi connectivity index (χ1v) is 12.1. The molecular weight excluding hydrogens is 484 g/mol. The Balaban J connectivity index is 1.68. The second-order valence-corrected chi connectivity index (χ2v) is 8.72. The fourth-order valence-corrected chi connectivity index (χ4v) is 4.27. The monoisotopic (exact) mass is 512 g/mol. The maximum absolute atomic E-state index is 12.7. The third-order valence-electron chi connectivity index (χ3n) is 5.25. The van der Waals surface area contributed by atoms with Gasteiger partial charge >= 0.3 is 11.9 Å². The number of methoxy groups -OCH3 is 2. The zero-order chi connectivity index (χ0) is 26.2. The SMILES string of the molecule is CCn1c(COc2ccc(C)cc2C)nnc1SCC(=O)Nc1cc(C(=O)OC)ccc1C(=O)OC. The van der Waals surface area contributed by atoms with Crippen molar-refractivity contribution in [3.05, 3.63) is 64.5 Å². The second-order valence-electron chi connectivity index (χ2n) is 7.78. The molecule has 0 aliphatic carbocycles. The van der Waals surface area contributed by atoms with E-state index in [9.17, 15) is 14.4 Å². The van der Waals surface area contributed by atoms with Crippen molar-refractivity contribution in [2.75, 3.05) is 25.3 Å². The van der Waals surface area contributed by atoms with Crippen molar-refractivity contribution in [2.45, 2.75) is 39.1 Å². The topological polar surface area (TPSA) is 122 Å². The molecule has 2 aromatic carbocycles. The molecule has 1 aromatic heterocycles. The van der Waals surface area contributed by atoms with Gasteiger partial charge in [-0.15, -0.1) is 10.2 Å². The van der Waals surface area contributed by atoms with Gasteiger partial charge in [-0.3, -0.25) is 4.79 Å². The number of hydrogen-bond donors (Lipinski definition) is 1. The number of aromatic nitrogens is 3. The third-order valence-corrected chi connectivity index (χ3v) is 6.22. The molecule has 0 saturated carbocycles. The van der Waals surface area contributed by atoms with E-state index in [2.05, 4.69) is 15.5 Å². The quantitative estimate of drug-likeness (QED) is 0.319. The Labute approximate surface area is 213 Å². The van der Waals surface area contributed by atoms with Gasteiger partial charge in [-0.1, -0.05) is 29.5 Å². The molecule has 36 heavy (non-hydrogen) atoms. The lowest BCUT2D eigenvalue weighted by molar-refractivity contribution is -0.113. The number of rotatable bonds is 10. The van der Waals surface area contributed by atoms with Crippen LogP contribution >= 0.6 is 11.8 Å². The van der Waals surface area contributed by atoms with E-state index in [1.165, 1.54) is 44.2 Å². The van der Waals surface area contributed by atoms with Crippen LogP contribution in [-0.2, 0) is 27.4 Å². The van der Waals surface area contributed by atoms with Crippen LogP contribution in [0.15, 0.2) is 41.6 Å². The van der Waals surface area contributed by atoms with Gasteiger partial charge in [0.05, 0.1) is 36.8 Å². The van der Waals surface area contributed by atoms with Crippen LogP contribution in [0.3, 0.4) is 0 Å². The molecule has 3 rings (SSSR count). The fourth-order valence-electron chi connectivity index (χ4n) is 3.45. The van der Waals surface area contributed by atoms with Crippen LogP contribution in [0.5, 0.6) is 5.75 Å². The molecule has 0 fully saturated rings. The van der Waals surface area contributed by atoms with E-state index in [0.717, 1.165) is 16.9 Å². The molecule has 0 atom stereocenters. The van der Waals surface area contributed by atoms with Crippen LogP contribution < -0.4 is 10.1 Å². The molecule has 0 bridgehead atoms. The Morgan fingerprint density at radius 2 is 1.75 bits per heavy atom. The number of esters is 2. The van der Waals surface area contributed by atoms with E-state index in [1.807, 2.05) is 43.5 Å². The molecule has 0 spiro atoms. The number of carbonyl (C=O) groups is 3. The Morgan fingerprint density at radius 3 is 2.42 bits per heavy atom. The number of nitrogens with one attached hydrogen (secondary N) is 1. The minimum absolute atomic E-state index is 0.000868. The lowest BCUT2D eigenvalue weighted by Gasteiger charge is -2.12. The Kier molecular flexibility index (Phi) is 9.07. The number of aryl methyl sites for hydroxylation is 2. The molecule has 11 heteroatoms. The van der Waals surface area contributed by atoms with Gasteiger partial charge in [0, 0.05) is 6.54 Å². The highest BCUT2D eigenvalue weighted by atomic mass is 32.2. The highest BCUT2D eigenvalue weighted by Gasteiger charge is 2.19. The van der Waals surface area contributed by atoms with Crippen LogP contribution in [-0.4, -0.2) is 52.6 Å². The summed E-state index contributed by atoms with van der Waals surface area (Å²) < 4.78 is 17.3. The minimum Gasteiger partial charge on any atom is -0.485 e. The molecule has 0 saturated heterocycles. The van der Waals surface area contributed by atoms with Gasteiger partial charge in [0.25, 0.3) is 0 Å². The van der Waals surface area contributed by atoms with E-state index in [0.29, 0.717) is 17.5 Å². The normalized spacial score (nSPS) is 10.6. The van der Waals surface area contributed by atoms with E-state index in [1.54, 1.807) is 0 Å². The average Bonchev–Trinajstić information content (AvgIpc) is 3.27. The minimum atomic E-state index is -0.645. The Bertz CT molecular complexity index is 1270. The second kappa shape index (κ2) is 12.2. The van der Waals surface area contributed by atoms with Crippen molar-refractivity contribution in [2.24, 2.45) is 0 Å². The molecule has 0 radical (unpaired) electrons. The molecule has 10 nitrogen and oxygen atoms in total. The van der Waals surface area contributed by atoms with Crippen molar-refractivity contribution in [3.8, 4) is 5.75 Å². The molecular formula is C25H28N4O6S. The first kappa shape index (κ1) is 26.7. The van der Waals surface area contributed by atoms with Gasteiger partial charge in [0.2, 0.25) is 5.91 Å². The number of ether oxygens (including phenoxy) is 3. The van der Waals surface area contributed by atoms with Gasteiger partial charge in [-0.05, 0) is 50.6 Å². The van der Waals surface area contributed by atoms with Gasteiger partial charge in [-0.25, -0.2) is 9.59 Å². The summed E-state index contributed by atoms with van der Waals surface area (Å²) in [5.41, 5.74) is 2.64. The molecule has 1 amide bonds. The molecule has 190 valence electrons. The molecule has 1 N–H and O–H groups in total. The standard InChI is InChI=1S/C25H28N4O6S/c1-6-29-21(13-35-20-10-7-15(2)11-16(20)3)27-28-25(29)36-14-22(30)26-19-12-17(23(31)33-4)8-9-18(19)24(32)34-5/h7-12H,6,13-14H2,1-5H3,(H,26,30). The molecule has 0 aliphatic rings.